The lowest BCUT2D eigenvalue weighted by molar-refractivity contribution is -0.135. The second-order valence-electron chi connectivity index (χ2n) is 3.45. The molecule has 4 nitrogen and oxygen atoms in total. The zero-order chi connectivity index (χ0) is 13.4. The molecule has 2 N–H and O–H groups in total. The van der Waals surface area contributed by atoms with Gasteiger partial charge in [-0.05, 0) is 28.4 Å². The molecule has 0 radical (unpaired) electrons. The highest BCUT2D eigenvalue weighted by Crippen LogP contribution is 2.07. The largest absolute Gasteiger partial charge is 0.461 e. The Morgan fingerprint density at radius 1 is 1.44 bits per heavy atom. The van der Waals surface area contributed by atoms with Crippen LogP contribution in [0.3, 0.4) is 0 Å². The predicted molar refractivity (Wildman–Crippen MR) is 74.7 cm³/mol. The fourth-order valence-electron chi connectivity index (χ4n) is 1.23. The molecule has 1 rings (SSSR count). The highest BCUT2D eigenvalue weighted by Gasteiger charge is 2.13. The molecule has 0 aromatic heterocycles. The van der Waals surface area contributed by atoms with Crippen LogP contribution in [-0.4, -0.2) is 18.3 Å². The summed E-state index contributed by atoms with van der Waals surface area (Å²) in [5.74, 6) is -0.637. The van der Waals surface area contributed by atoms with Gasteiger partial charge in [-0.2, -0.15) is 0 Å². The van der Waals surface area contributed by atoms with E-state index < -0.39 is 5.97 Å². The third-order valence-corrected chi connectivity index (χ3v) is 2.72. The maximum Gasteiger partial charge on any atom is 0.357 e. The second-order valence-corrected chi connectivity index (χ2v) is 4.31. The molecule has 0 bridgehead atoms. The summed E-state index contributed by atoms with van der Waals surface area (Å²) in [7, 11) is 0. The Kier molecular flexibility index (Phi) is 6.14. The maximum absolute atomic E-state index is 11.3. The highest BCUT2D eigenvalue weighted by atomic mass is 79.9. The Morgan fingerprint density at radius 2 is 2.11 bits per heavy atom. The zero-order valence-electron chi connectivity index (χ0n) is 10.1. The zero-order valence-corrected chi connectivity index (χ0v) is 11.7. The molecule has 1 aromatic carbocycles. The van der Waals surface area contributed by atoms with Gasteiger partial charge in [0.2, 0.25) is 0 Å². The molecule has 5 heteroatoms. The molecule has 0 aliphatic rings. The van der Waals surface area contributed by atoms with Crippen molar-refractivity contribution in [3.05, 3.63) is 46.6 Å². The van der Waals surface area contributed by atoms with Gasteiger partial charge >= 0.3 is 5.97 Å². The first-order valence-corrected chi connectivity index (χ1v) is 6.33. The molecule has 0 aliphatic carbocycles. The van der Waals surface area contributed by atoms with Crippen LogP contribution < -0.4 is 5.32 Å². The Bertz CT molecular complexity index is 444. The number of hydrogen-bond acceptors (Lipinski definition) is 4. The van der Waals surface area contributed by atoms with Crippen molar-refractivity contribution in [1.29, 1.82) is 5.41 Å². The van der Waals surface area contributed by atoms with Crippen LogP contribution in [0.5, 0.6) is 0 Å². The molecule has 96 valence electrons. The van der Waals surface area contributed by atoms with Crippen LogP contribution >= 0.6 is 15.9 Å². The van der Waals surface area contributed by atoms with E-state index in [1.54, 1.807) is 13.1 Å². The minimum absolute atomic E-state index is 0.197. The molecule has 18 heavy (non-hydrogen) atoms. The molecular formula is C13H15BrN2O2. The van der Waals surface area contributed by atoms with E-state index in [-0.39, 0.29) is 12.3 Å². The summed E-state index contributed by atoms with van der Waals surface area (Å²) < 4.78 is 5.10. The lowest BCUT2D eigenvalue weighted by Gasteiger charge is -2.04. The predicted octanol–water partition coefficient (Wildman–Crippen LogP) is 2.60. The number of esters is 1. The molecule has 0 saturated carbocycles. The molecule has 0 spiro atoms. The molecular weight excluding hydrogens is 296 g/mol. The summed E-state index contributed by atoms with van der Waals surface area (Å²) >= 11 is 3.16. The first kappa shape index (κ1) is 14.4. The summed E-state index contributed by atoms with van der Waals surface area (Å²) in [4.78, 5) is 11.3. The van der Waals surface area contributed by atoms with Crippen LogP contribution in [0, 0.1) is 5.41 Å². The monoisotopic (exact) mass is 310 g/mol. The van der Waals surface area contributed by atoms with Gasteiger partial charge in [0.05, 0.1) is 11.1 Å². The van der Waals surface area contributed by atoms with Crippen LogP contribution in [0.1, 0.15) is 12.5 Å². The number of carbonyl (C=O) groups excluding carboxylic acids is 1. The molecule has 0 amide bonds. The number of rotatable bonds is 6. The normalized spacial score (nSPS) is 10.9. The minimum atomic E-state index is -0.637. The lowest BCUT2D eigenvalue weighted by atomic mass is 10.2. The Balaban J connectivity index is 2.47. The smallest absolute Gasteiger partial charge is 0.357 e. The standard InChI is InChI=1S/C13H15BrN2O2/c1-2-18-13(17)12(15)11(14)9-16-8-10-6-4-3-5-7-10/h3-7,9,15-16H,2,8H2,1H3/b11-9+,15-12?. The first-order valence-electron chi connectivity index (χ1n) is 5.54. The Morgan fingerprint density at radius 3 is 2.72 bits per heavy atom. The number of halogens is 1. The quantitative estimate of drug-likeness (QED) is 0.627. The summed E-state index contributed by atoms with van der Waals surface area (Å²) in [5.41, 5.74) is 0.925. The fourth-order valence-corrected chi connectivity index (χ4v) is 1.55. The average Bonchev–Trinajstić information content (AvgIpc) is 2.39. The number of benzene rings is 1. The average molecular weight is 311 g/mol. The van der Waals surface area contributed by atoms with E-state index in [1.165, 1.54) is 0 Å². The molecule has 0 atom stereocenters. The third kappa shape index (κ3) is 4.71. The number of ether oxygens (including phenoxy) is 1. The highest BCUT2D eigenvalue weighted by molar-refractivity contribution is 9.12. The summed E-state index contributed by atoms with van der Waals surface area (Å²) in [6.07, 6.45) is 1.58. The van der Waals surface area contributed by atoms with Gasteiger partial charge in [0, 0.05) is 12.7 Å². The van der Waals surface area contributed by atoms with E-state index in [2.05, 4.69) is 21.2 Å². The molecule has 0 heterocycles. The van der Waals surface area contributed by atoms with Gasteiger partial charge in [-0.3, -0.25) is 5.41 Å². The number of nitrogens with one attached hydrogen (secondary N) is 2. The lowest BCUT2D eigenvalue weighted by Crippen LogP contribution is -2.18. The van der Waals surface area contributed by atoms with E-state index in [0.29, 0.717) is 11.0 Å². The number of hydrogen-bond donors (Lipinski definition) is 2. The topological polar surface area (TPSA) is 62.2 Å². The van der Waals surface area contributed by atoms with Gasteiger partial charge in [-0.25, -0.2) is 4.79 Å². The summed E-state index contributed by atoms with van der Waals surface area (Å²) in [6, 6.07) is 9.84. The SMILES string of the molecule is CCOC(=O)C(=N)/C(Br)=C\NCc1ccccc1. The van der Waals surface area contributed by atoms with Crippen LogP contribution in [0.15, 0.2) is 41.0 Å². The van der Waals surface area contributed by atoms with Crippen molar-refractivity contribution in [1.82, 2.24) is 5.32 Å². The fraction of sp³-hybridized carbons (Fsp3) is 0.231. The maximum atomic E-state index is 11.3. The molecule has 0 saturated heterocycles. The van der Waals surface area contributed by atoms with Gasteiger partial charge in [-0.15, -0.1) is 0 Å². The van der Waals surface area contributed by atoms with Crippen molar-refractivity contribution in [2.45, 2.75) is 13.5 Å². The van der Waals surface area contributed by atoms with Crippen LogP contribution in [0.25, 0.3) is 0 Å². The van der Waals surface area contributed by atoms with E-state index in [9.17, 15) is 4.79 Å². The number of carbonyl (C=O) groups is 1. The van der Waals surface area contributed by atoms with Crippen LogP contribution in [-0.2, 0) is 16.1 Å². The van der Waals surface area contributed by atoms with Gasteiger partial charge < -0.3 is 10.1 Å². The van der Waals surface area contributed by atoms with Crippen molar-refractivity contribution in [3.8, 4) is 0 Å². The van der Waals surface area contributed by atoms with E-state index in [0.717, 1.165) is 5.56 Å². The van der Waals surface area contributed by atoms with E-state index >= 15 is 0 Å². The Labute approximate surface area is 115 Å². The van der Waals surface area contributed by atoms with Crippen molar-refractivity contribution in [2.75, 3.05) is 6.61 Å². The van der Waals surface area contributed by atoms with Gasteiger partial charge in [0.1, 0.15) is 0 Å². The summed E-state index contributed by atoms with van der Waals surface area (Å²) in [5, 5.41) is 10.6. The first-order chi connectivity index (χ1) is 8.65. The van der Waals surface area contributed by atoms with Gasteiger partial charge in [-0.1, -0.05) is 30.3 Å². The molecule has 1 aromatic rings. The van der Waals surface area contributed by atoms with Crippen LogP contribution in [0.4, 0.5) is 0 Å². The van der Waals surface area contributed by atoms with E-state index in [4.69, 9.17) is 10.1 Å². The Hall–Kier alpha value is -1.62. The molecule has 0 fully saturated rings. The van der Waals surface area contributed by atoms with E-state index in [1.807, 2.05) is 30.3 Å². The van der Waals surface area contributed by atoms with Gasteiger partial charge in [0.25, 0.3) is 0 Å². The van der Waals surface area contributed by atoms with Crippen molar-refractivity contribution < 1.29 is 9.53 Å². The van der Waals surface area contributed by atoms with Crippen molar-refractivity contribution in [3.63, 3.8) is 0 Å². The third-order valence-electron chi connectivity index (χ3n) is 2.10. The molecule has 0 aliphatic heterocycles. The van der Waals surface area contributed by atoms with Gasteiger partial charge in [0.15, 0.2) is 5.71 Å². The minimum Gasteiger partial charge on any atom is -0.461 e. The second kappa shape index (κ2) is 7.66. The summed E-state index contributed by atoms with van der Waals surface area (Å²) in [6.45, 7) is 2.60. The molecule has 0 unspecified atom stereocenters. The van der Waals surface area contributed by atoms with Crippen molar-refractivity contribution in [2.24, 2.45) is 0 Å². The van der Waals surface area contributed by atoms with Crippen molar-refractivity contribution >= 4 is 27.6 Å². The van der Waals surface area contributed by atoms with Crippen LogP contribution in [0.2, 0.25) is 0 Å².